The van der Waals surface area contributed by atoms with Crippen LogP contribution in [0.3, 0.4) is 0 Å². The van der Waals surface area contributed by atoms with E-state index in [9.17, 15) is 0 Å². The van der Waals surface area contributed by atoms with E-state index in [2.05, 4.69) is 38.9 Å². The van der Waals surface area contributed by atoms with Gasteiger partial charge in [-0.25, -0.2) is 0 Å². The number of nitrogens with one attached hydrogen (secondary N) is 3. The third-order valence-electron chi connectivity index (χ3n) is 3.56. The van der Waals surface area contributed by atoms with Crippen molar-refractivity contribution >= 4 is 0 Å². The molecule has 21 heavy (non-hydrogen) atoms. The molecule has 2 heterocycles. The molecule has 0 spiro atoms. The van der Waals surface area contributed by atoms with E-state index in [0.29, 0.717) is 11.8 Å². The Labute approximate surface area is 125 Å². The first kappa shape index (κ1) is 15.3. The van der Waals surface area contributed by atoms with Crippen molar-refractivity contribution in [1.29, 1.82) is 0 Å². The Morgan fingerprint density at radius 2 is 1.43 bits per heavy atom. The van der Waals surface area contributed by atoms with Gasteiger partial charge in [-0.1, -0.05) is 12.2 Å². The van der Waals surface area contributed by atoms with E-state index >= 15 is 0 Å². The summed E-state index contributed by atoms with van der Waals surface area (Å²) in [6.45, 7) is 9.40. The van der Waals surface area contributed by atoms with Gasteiger partial charge >= 0.3 is 0 Å². The molecule has 0 saturated heterocycles. The highest BCUT2D eigenvalue weighted by molar-refractivity contribution is 5.10. The standard InChI is InChI=1S/C16H23N5/c1-3-5-13(15-7-9-18-20-15)11-17-12-14(6-4-2)16-8-10-19-21-16/h3-4,7-10,13-14,17H,1-2,5-6,11-12H2,(H,18,20)(H,19,21). The molecule has 0 fully saturated rings. The van der Waals surface area contributed by atoms with E-state index in [0.717, 1.165) is 37.3 Å². The summed E-state index contributed by atoms with van der Waals surface area (Å²) in [6, 6.07) is 4.04. The Morgan fingerprint density at radius 3 is 1.76 bits per heavy atom. The molecule has 2 unspecified atom stereocenters. The van der Waals surface area contributed by atoms with E-state index < -0.39 is 0 Å². The lowest BCUT2D eigenvalue weighted by Crippen LogP contribution is -2.26. The van der Waals surface area contributed by atoms with Crippen LogP contribution in [-0.2, 0) is 0 Å². The summed E-state index contributed by atoms with van der Waals surface area (Å²) in [5.41, 5.74) is 2.14. The number of nitrogens with zero attached hydrogens (tertiary/aromatic N) is 2. The maximum absolute atomic E-state index is 4.27. The van der Waals surface area contributed by atoms with Crippen molar-refractivity contribution in [1.82, 2.24) is 25.7 Å². The zero-order chi connectivity index (χ0) is 14.9. The number of H-pyrrole nitrogens is 2. The summed E-state index contributed by atoms with van der Waals surface area (Å²) in [6.07, 6.45) is 9.41. The number of hydrogen-bond acceptors (Lipinski definition) is 3. The van der Waals surface area contributed by atoms with Crippen molar-refractivity contribution in [3.63, 3.8) is 0 Å². The second-order valence-electron chi connectivity index (χ2n) is 5.10. The van der Waals surface area contributed by atoms with Gasteiger partial charge in [-0.2, -0.15) is 10.2 Å². The van der Waals surface area contributed by atoms with Gasteiger partial charge in [0, 0.05) is 37.3 Å². The molecule has 0 aliphatic rings. The largest absolute Gasteiger partial charge is 0.315 e. The van der Waals surface area contributed by atoms with E-state index in [1.807, 2.05) is 36.7 Å². The SMILES string of the molecule is C=CCC(CNCC(CC=C)c1cc[nH]n1)c1cc[nH]n1. The Morgan fingerprint density at radius 1 is 0.952 bits per heavy atom. The minimum Gasteiger partial charge on any atom is -0.315 e. The maximum atomic E-state index is 4.27. The zero-order valence-electron chi connectivity index (χ0n) is 12.3. The number of rotatable bonds is 10. The second kappa shape index (κ2) is 8.21. The third kappa shape index (κ3) is 4.43. The molecule has 0 bridgehead atoms. The normalized spacial score (nSPS) is 13.7. The molecule has 2 rings (SSSR count). The fraction of sp³-hybridized carbons (Fsp3) is 0.375. The van der Waals surface area contributed by atoms with Crippen LogP contribution in [0.1, 0.15) is 36.1 Å². The minimum atomic E-state index is 0.345. The predicted octanol–water partition coefficient (Wildman–Crippen LogP) is 2.74. The van der Waals surface area contributed by atoms with Crippen LogP contribution < -0.4 is 5.32 Å². The van der Waals surface area contributed by atoms with Crippen molar-refractivity contribution in [2.45, 2.75) is 24.7 Å². The predicted molar refractivity (Wildman–Crippen MR) is 85.2 cm³/mol. The number of aromatic amines is 2. The molecule has 0 aromatic carbocycles. The van der Waals surface area contributed by atoms with Crippen LogP contribution in [0.4, 0.5) is 0 Å². The molecule has 2 aromatic heterocycles. The molecule has 3 N–H and O–H groups in total. The third-order valence-corrected chi connectivity index (χ3v) is 3.56. The van der Waals surface area contributed by atoms with E-state index in [1.165, 1.54) is 0 Å². The summed E-state index contributed by atoms with van der Waals surface area (Å²) in [7, 11) is 0. The van der Waals surface area contributed by atoms with Crippen molar-refractivity contribution in [2.75, 3.05) is 13.1 Å². The molecule has 0 aliphatic carbocycles. The lowest BCUT2D eigenvalue weighted by atomic mass is 9.99. The van der Waals surface area contributed by atoms with Gasteiger partial charge in [-0.3, -0.25) is 10.2 Å². The molecule has 0 amide bonds. The summed E-state index contributed by atoms with van der Waals surface area (Å²) >= 11 is 0. The molecule has 2 aromatic rings. The van der Waals surface area contributed by atoms with Gasteiger partial charge in [0.15, 0.2) is 0 Å². The highest BCUT2D eigenvalue weighted by atomic mass is 15.1. The van der Waals surface area contributed by atoms with Gasteiger partial charge in [0.25, 0.3) is 0 Å². The summed E-state index contributed by atoms with van der Waals surface area (Å²) in [5, 5.41) is 17.8. The smallest absolute Gasteiger partial charge is 0.0668 e. The average Bonchev–Trinajstić information content (AvgIpc) is 3.18. The topological polar surface area (TPSA) is 69.4 Å². The van der Waals surface area contributed by atoms with Crippen molar-refractivity contribution < 1.29 is 0 Å². The van der Waals surface area contributed by atoms with E-state index in [4.69, 9.17) is 0 Å². The van der Waals surface area contributed by atoms with E-state index in [-0.39, 0.29) is 0 Å². The highest BCUT2D eigenvalue weighted by Crippen LogP contribution is 2.19. The van der Waals surface area contributed by atoms with Gasteiger partial charge in [-0.15, -0.1) is 13.2 Å². The number of allylic oxidation sites excluding steroid dienone is 2. The lowest BCUT2D eigenvalue weighted by molar-refractivity contribution is 0.528. The fourth-order valence-corrected chi connectivity index (χ4v) is 2.45. The molecule has 2 atom stereocenters. The van der Waals surface area contributed by atoms with Crippen LogP contribution in [0.15, 0.2) is 49.8 Å². The van der Waals surface area contributed by atoms with Gasteiger partial charge < -0.3 is 5.32 Å². The quantitative estimate of drug-likeness (QED) is 0.588. The van der Waals surface area contributed by atoms with Crippen LogP contribution in [0.5, 0.6) is 0 Å². The van der Waals surface area contributed by atoms with Crippen molar-refractivity contribution in [3.8, 4) is 0 Å². The average molecular weight is 285 g/mol. The van der Waals surface area contributed by atoms with Gasteiger partial charge in [0.2, 0.25) is 0 Å². The molecule has 112 valence electrons. The Kier molecular flexibility index (Phi) is 5.97. The monoisotopic (exact) mass is 285 g/mol. The van der Waals surface area contributed by atoms with Crippen LogP contribution in [0.2, 0.25) is 0 Å². The maximum Gasteiger partial charge on any atom is 0.0668 e. The first-order valence-corrected chi connectivity index (χ1v) is 7.27. The lowest BCUT2D eigenvalue weighted by Gasteiger charge is -2.17. The fourth-order valence-electron chi connectivity index (χ4n) is 2.45. The summed E-state index contributed by atoms with van der Waals surface area (Å²) < 4.78 is 0. The molecular weight excluding hydrogens is 262 g/mol. The Bertz CT molecular complexity index is 467. The first-order chi connectivity index (χ1) is 10.3. The van der Waals surface area contributed by atoms with Crippen LogP contribution in [0.25, 0.3) is 0 Å². The van der Waals surface area contributed by atoms with Crippen LogP contribution in [0, 0.1) is 0 Å². The van der Waals surface area contributed by atoms with Crippen LogP contribution >= 0.6 is 0 Å². The highest BCUT2D eigenvalue weighted by Gasteiger charge is 2.15. The van der Waals surface area contributed by atoms with E-state index in [1.54, 1.807) is 0 Å². The first-order valence-electron chi connectivity index (χ1n) is 7.27. The van der Waals surface area contributed by atoms with Crippen molar-refractivity contribution in [3.05, 3.63) is 61.2 Å². The molecule has 0 radical (unpaired) electrons. The number of hydrogen-bond donors (Lipinski definition) is 3. The summed E-state index contributed by atoms with van der Waals surface area (Å²) in [4.78, 5) is 0. The number of aromatic nitrogens is 4. The summed E-state index contributed by atoms with van der Waals surface area (Å²) in [5.74, 6) is 0.689. The Balaban J connectivity index is 1.88. The molecule has 5 heteroatoms. The molecule has 5 nitrogen and oxygen atoms in total. The van der Waals surface area contributed by atoms with Crippen LogP contribution in [-0.4, -0.2) is 33.5 Å². The second-order valence-corrected chi connectivity index (χ2v) is 5.10. The van der Waals surface area contributed by atoms with Gasteiger partial charge in [0.1, 0.15) is 0 Å². The Hall–Kier alpha value is -2.14. The van der Waals surface area contributed by atoms with Crippen molar-refractivity contribution in [2.24, 2.45) is 0 Å². The molecule has 0 aliphatic heterocycles. The molecular formula is C16H23N5. The minimum absolute atomic E-state index is 0.345. The zero-order valence-corrected chi connectivity index (χ0v) is 12.3. The van der Waals surface area contributed by atoms with Gasteiger partial charge in [-0.05, 0) is 25.0 Å². The molecule has 0 saturated carbocycles. The van der Waals surface area contributed by atoms with Gasteiger partial charge in [0.05, 0.1) is 11.4 Å².